The molecule has 0 bridgehead atoms. The van der Waals surface area contributed by atoms with Gasteiger partial charge in [0.2, 0.25) is 0 Å². The van der Waals surface area contributed by atoms with Crippen molar-refractivity contribution in [1.29, 1.82) is 0 Å². The zero-order chi connectivity index (χ0) is 31.1. The van der Waals surface area contributed by atoms with E-state index in [0.717, 1.165) is 0 Å². The van der Waals surface area contributed by atoms with Gasteiger partial charge in [0.15, 0.2) is 17.3 Å². The molecule has 0 saturated heterocycles. The van der Waals surface area contributed by atoms with E-state index in [1.807, 2.05) is 0 Å². The van der Waals surface area contributed by atoms with Gasteiger partial charge in [-0.15, -0.1) is 0 Å². The van der Waals surface area contributed by atoms with E-state index in [2.05, 4.69) is 10.2 Å². The number of aliphatic hydroxyl groups is 1. The number of alkyl halides is 3. The predicted molar refractivity (Wildman–Crippen MR) is 139 cm³/mol. The minimum absolute atomic E-state index is 0.00473. The van der Waals surface area contributed by atoms with Crippen LogP contribution in [0, 0.1) is 11.8 Å². The van der Waals surface area contributed by atoms with E-state index in [4.69, 9.17) is 15.5 Å². The largest absolute Gasteiger partial charge is 0.511 e. The maximum Gasteiger partial charge on any atom is 0.491 e. The van der Waals surface area contributed by atoms with Crippen LogP contribution in [0.1, 0.15) is 32.7 Å². The average Bonchev–Trinajstić information content (AvgIpc) is 2.98. The zero-order valence-electron chi connectivity index (χ0n) is 22.1. The Morgan fingerprint density at radius 2 is 1.72 bits per heavy atom. The van der Waals surface area contributed by atoms with Gasteiger partial charge in [-0.25, -0.2) is 9.59 Å². The average molecular weight is 604 g/mol. The minimum atomic E-state index is -5.44. The summed E-state index contributed by atoms with van der Waals surface area (Å²) in [5.74, 6) is -9.97. The van der Waals surface area contributed by atoms with Crippen LogP contribution in [0.4, 0.5) is 18.9 Å². The fourth-order valence-electron chi connectivity index (χ4n) is 5.10. The van der Waals surface area contributed by atoms with E-state index in [1.54, 1.807) is 0 Å². The maximum atomic E-state index is 13.8. The highest BCUT2D eigenvalue weighted by Crippen LogP contribution is 2.42. The fourth-order valence-corrected chi connectivity index (χ4v) is 5.10. The number of nitrogens with zero attached hydrogens (tertiary/aromatic N) is 1. The molecule has 5 N–H and O–H groups in total. The molecule has 15 heteroatoms. The molecule has 0 fully saturated rings. The van der Waals surface area contributed by atoms with Crippen molar-refractivity contribution >= 4 is 29.2 Å². The number of ether oxygens (including phenoxy) is 1. The third kappa shape index (κ3) is 5.76. The van der Waals surface area contributed by atoms with E-state index in [9.17, 15) is 42.6 Å². The van der Waals surface area contributed by atoms with Crippen LogP contribution in [0.25, 0.3) is 0 Å². The number of halogens is 3. The van der Waals surface area contributed by atoms with Crippen LogP contribution in [0.15, 0.2) is 65.8 Å². The first kappa shape index (κ1) is 29.6. The highest BCUT2D eigenvalue weighted by molar-refractivity contribution is 6.18. The van der Waals surface area contributed by atoms with Crippen LogP contribution in [-0.4, -0.2) is 59.1 Å². The number of carbonyl (C=O) groups excluding carboxylic acids is 4. The number of rotatable bonds is 3. The summed E-state index contributed by atoms with van der Waals surface area (Å²) in [6.07, 6.45) is -4.79. The monoisotopic (exact) mass is 603 g/mol. The van der Waals surface area contributed by atoms with E-state index in [0.29, 0.717) is 11.6 Å². The van der Waals surface area contributed by atoms with Crippen LogP contribution in [0.5, 0.6) is 5.75 Å². The van der Waals surface area contributed by atoms with Gasteiger partial charge in [-0.2, -0.15) is 18.1 Å². The molecule has 2 aromatic rings. The highest BCUT2D eigenvalue weighted by Gasteiger charge is 2.50. The Balaban J connectivity index is 1.66. The molecule has 0 amide bonds. The molecule has 43 heavy (non-hydrogen) atoms. The number of allylic oxidation sites excluding steroid dienone is 3. The smallest absolute Gasteiger partial charge is 0.491 e. The first-order valence-electron chi connectivity index (χ1n) is 12.9. The molecule has 0 aromatic heterocycles. The Bertz CT molecular complexity index is 1570. The lowest BCUT2D eigenvalue weighted by molar-refractivity contribution is -0.273. The first-order chi connectivity index (χ1) is 20.4. The van der Waals surface area contributed by atoms with Gasteiger partial charge in [0.25, 0.3) is 0 Å². The Kier molecular flexibility index (Phi) is 7.86. The summed E-state index contributed by atoms with van der Waals surface area (Å²) in [7, 11) is 0. The minimum Gasteiger partial charge on any atom is -0.511 e. The number of carbonyl (C=O) groups is 4. The van der Waals surface area contributed by atoms with Gasteiger partial charge in [0.1, 0.15) is 17.6 Å². The molecule has 1 heterocycles. The molecule has 1 aliphatic heterocycles. The third-order valence-electron chi connectivity index (χ3n) is 7.07. The number of esters is 1. The first-order valence-corrected chi connectivity index (χ1v) is 12.9. The summed E-state index contributed by atoms with van der Waals surface area (Å²) in [6.45, 7) is -0.198. The number of fused-ring (bicyclic) bond motifs is 3. The van der Waals surface area contributed by atoms with Crippen molar-refractivity contribution < 1.29 is 57.1 Å². The van der Waals surface area contributed by atoms with Crippen molar-refractivity contribution in [2.24, 2.45) is 17.6 Å². The highest BCUT2D eigenvalue weighted by atomic mass is 19.4. The number of phenols is 1. The van der Waals surface area contributed by atoms with Crippen molar-refractivity contribution in [2.75, 3.05) is 18.2 Å². The Labute approximate surface area is 241 Å². The number of Topliss-reactive ketones (excluding diaryl/α,β-unsaturated/α-hetero) is 2. The zero-order valence-corrected chi connectivity index (χ0v) is 22.1. The lowest BCUT2D eigenvalue weighted by Crippen LogP contribution is -2.49. The molecule has 3 unspecified atom stereocenters. The molecule has 3 aliphatic rings. The molecule has 2 aromatic carbocycles. The van der Waals surface area contributed by atoms with Gasteiger partial charge in [-0.05, 0) is 18.1 Å². The third-order valence-corrected chi connectivity index (χ3v) is 7.07. The number of nitrogens with two attached hydrogens (primary N) is 1. The molecular formula is C28H24F3N3O9. The Morgan fingerprint density at radius 1 is 1.05 bits per heavy atom. The van der Waals surface area contributed by atoms with E-state index in [1.165, 1.54) is 47.5 Å². The quantitative estimate of drug-likeness (QED) is 0.298. The number of ketones is 2. The predicted octanol–water partition coefficient (Wildman–Crippen LogP) is 2.54. The van der Waals surface area contributed by atoms with Crippen LogP contribution < -0.4 is 16.2 Å². The molecule has 0 radical (unpaired) electrons. The summed E-state index contributed by atoms with van der Waals surface area (Å²) < 4.78 is 44.4. The van der Waals surface area contributed by atoms with E-state index >= 15 is 0 Å². The van der Waals surface area contributed by atoms with Crippen molar-refractivity contribution in [3.63, 3.8) is 0 Å². The molecule has 2 aliphatic carbocycles. The fraction of sp³-hybridized carbons (Fsp3) is 0.286. The molecular weight excluding hydrogens is 579 g/mol. The van der Waals surface area contributed by atoms with Crippen LogP contribution in [0.2, 0.25) is 0 Å². The van der Waals surface area contributed by atoms with Gasteiger partial charge in [0, 0.05) is 36.2 Å². The standard InChI is InChI=1S/C28H24F3N3O9/c29-28(30,31)27(40)42-20-12-19(36)21-22(25(38)16-5-2-1-4-15(16)24(21)37)23(20)33-34-8-3-9-41-43-26(39)17(32)10-13-6-7-14(35)11-18(13)34/h1-2,4-7,11-12,17,21-22,33,35-36H,3,8-10,32H2. The maximum absolute atomic E-state index is 13.8. The normalized spacial score (nSPS) is 22.8. The molecule has 0 spiro atoms. The van der Waals surface area contributed by atoms with Crippen LogP contribution >= 0.6 is 0 Å². The second kappa shape index (κ2) is 11.4. The number of benzene rings is 2. The lowest BCUT2D eigenvalue weighted by Gasteiger charge is -2.38. The molecule has 12 nitrogen and oxygen atoms in total. The molecule has 5 rings (SSSR count). The SMILES string of the molecule is NC1Cc2ccc(O)cc2N(NC2=C(OC(=O)C(F)(F)F)C=C(O)C3C(=O)c4ccccc4C(=O)C23)CCCOOC1=O. The van der Waals surface area contributed by atoms with Gasteiger partial charge in [-0.3, -0.25) is 24.9 Å². The van der Waals surface area contributed by atoms with Gasteiger partial charge >= 0.3 is 18.1 Å². The number of aliphatic hydroxyl groups excluding tert-OH is 1. The topological polar surface area (TPSA) is 178 Å². The number of aromatic hydroxyl groups is 1. The lowest BCUT2D eigenvalue weighted by atomic mass is 9.69. The van der Waals surface area contributed by atoms with Gasteiger partial charge < -0.3 is 20.7 Å². The molecule has 226 valence electrons. The second-order valence-corrected chi connectivity index (χ2v) is 9.93. The number of anilines is 1. The number of hydrogen-bond donors (Lipinski definition) is 4. The number of hydrazine groups is 1. The Morgan fingerprint density at radius 3 is 2.40 bits per heavy atom. The summed E-state index contributed by atoms with van der Waals surface area (Å²) in [5, 5.41) is 22.4. The van der Waals surface area contributed by atoms with Crippen LogP contribution in [-0.2, 0) is 30.5 Å². The molecule has 0 saturated carbocycles. The Hall–Kier alpha value is -4.89. The summed E-state index contributed by atoms with van der Waals surface area (Å²) >= 11 is 0. The summed E-state index contributed by atoms with van der Waals surface area (Å²) in [4.78, 5) is 61.0. The summed E-state index contributed by atoms with van der Waals surface area (Å²) in [6, 6.07) is 8.58. The van der Waals surface area contributed by atoms with Crippen LogP contribution in [0.3, 0.4) is 0 Å². The number of nitrogens with one attached hydrogen (secondary N) is 1. The number of phenolic OH excluding ortho intramolecular Hbond substituents is 1. The second-order valence-electron chi connectivity index (χ2n) is 9.93. The molecule has 3 atom stereocenters. The van der Waals surface area contributed by atoms with E-state index in [-0.39, 0.29) is 48.6 Å². The van der Waals surface area contributed by atoms with Gasteiger partial charge in [0.05, 0.1) is 29.8 Å². The van der Waals surface area contributed by atoms with Crippen molar-refractivity contribution in [3.8, 4) is 5.75 Å². The summed E-state index contributed by atoms with van der Waals surface area (Å²) in [5.41, 5.74) is 8.85. The van der Waals surface area contributed by atoms with Crippen molar-refractivity contribution in [2.45, 2.75) is 25.1 Å². The van der Waals surface area contributed by atoms with Gasteiger partial charge in [-0.1, -0.05) is 30.3 Å². The van der Waals surface area contributed by atoms with Crippen molar-refractivity contribution in [1.82, 2.24) is 5.43 Å². The number of hydrogen-bond acceptors (Lipinski definition) is 12. The van der Waals surface area contributed by atoms with E-state index < -0.39 is 64.8 Å². The van der Waals surface area contributed by atoms with Crippen molar-refractivity contribution in [3.05, 3.63) is 82.4 Å².